The second-order valence-electron chi connectivity index (χ2n) is 7.54. The van der Waals surface area contributed by atoms with Crippen LogP contribution in [0.2, 0.25) is 0 Å². The topological polar surface area (TPSA) is 118 Å². The largest absolute Gasteiger partial charge is 0.422 e. The lowest BCUT2D eigenvalue weighted by Crippen LogP contribution is -2.36. The molecule has 0 saturated heterocycles. The molecule has 176 valence electrons. The van der Waals surface area contributed by atoms with Crippen LogP contribution in [0.4, 0.5) is 10.1 Å². The van der Waals surface area contributed by atoms with Gasteiger partial charge in [-0.1, -0.05) is 18.2 Å². The molecule has 0 unspecified atom stereocenters. The minimum absolute atomic E-state index is 0.0999. The van der Waals surface area contributed by atoms with E-state index in [-0.39, 0.29) is 24.6 Å². The average molecular weight is 473 g/mol. The number of amides is 3. The molecule has 3 amide bonds. The number of hydrogen-bond donors (Lipinski definition) is 3. The van der Waals surface area contributed by atoms with E-state index in [2.05, 4.69) is 16.0 Å². The fourth-order valence-corrected chi connectivity index (χ4v) is 3.28. The predicted molar refractivity (Wildman–Crippen MR) is 128 cm³/mol. The van der Waals surface area contributed by atoms with Crippen LogP contribution in [-0.4, -0.2) is 30.8 Å². The molecule has 3 aromatic carbocycles. The van der Waals surface area contributed by atoms with Crippen molar-refractivity contribution in [2.75, 3.05) is 18.4 Å². The van der Waals surface area contributed by atoms with Crippen LogP contribution in [0.15, 0.2) is 88.1 Å². The number of fused-ring (bicyclic) bond motifs is 1. The summed E-state index contributed by atoms with van der Waals surface area (Å²) in [5.74, 6) is -1.81. The Bertz CT molecular complexity index is 1450. The average Bonchev–Trinajstić information content (AvgIpc) is 2.86. The Morgan fingerprint density at radius 3 is 2.06 bits per heavy atom. The Morgan fingerprint density at radius 2 is 1.34 bits per heavy atom. The molecule has 1 aromatic heterocycles. The second kappa shape index (κ2) is 10.4. The molecule has 0 aliphatic carbocycles. The van der Waals surface area contributed by atoms with E-state index in [1.807, 2.05) is 0 Å². The molecule has 4 rings (SSSR count). The summed E-state index contributed by atoms with van der Waals surface area (Å²) in [7, 11) is 0. The summed E-state index contributed by atoms with van der Waals surface area (Å²) in [4.78, 5) is 48.9. The van der Waals surface area contributed by atoms with Gasteiger partial charge in [0.15, 0.2) is 0 Å². The highest BCUT2D eigenvalue weighted by atomic mass is 19.1. The maximum absolute atomic E-state index is 13.0. The lowest BCUT2D eigenvalue weighted by molar-refractivity contribution is 0.0925. The maximum Gasteiger partial charge on any atom is 0.349 e. The zero-order valence-electron chi connectivity index (χ0n) is 18.3. The summed E-state index contributed by atoms with van der Waals surface area (Å²) in [5.41, 5.74) is 0.660. The third kappa shape index (κ3) is 5.77. The van der Waals surface area contributed by atoms with Crippen LogP contribution < -0.4 is 21.6 Å². The summed E-state index contributed by atoms with van der Waals surface area (Å²) in [6.07, 6.45) is 0. The molecule has 0 saturated carbocycles. The highest BCUT2D eigenvalue weighted by Gasteiger charge is 2.13. The van der Waals surface area contributed by atoms with Crippen LogP contribution in [0.1, 0.15) is 31.1 Å². The third-order valence-electron chi connectivity index (χ3n) is 5.09. The smallest absolute Gasteiger partial charge is 0.349 e. The summed E-state index contributed by atoms with van der Waals surface area (Å²) in [6, 6.07) is 19.7. The van der Waals surface area contributed by atoms with Crippen molar-refractivity contribution in [2.45, 2.75) is 0 Å². The first-order chi connectivity index (χ1) is 16.9. The van der Waals surface area contributed by atoms with Crippen LogP contribution in [-0.2, 0) is 0 Å². The molecule has 35 heavy (non-hydrogen) atoms. The molecule has 0 aliphatic rings. The van der Waals surface area contributed by atoms with E-state index in [1.165, 1.54) is 42.5 Å². The highest BCUT2D eigenvalue weighted by Crippen LogP contribution is 2.13. The fraction of sp³-hybridized carbons (Fsp3) is 0.0769. The van der Waals surface area contributed by atoms with Crippen molar-refractivity contribution >= 4 is 34.4 Å². The van der Waals surface area contributed by atoms with Gasteiger partial charge in [-0.25, -0.2) is 9.18 Å². The van der Waals surface area contributed by atoms with E-state index in [0.29, 0.717) is 27.8 Å². The van der Waals surface area contributed by atoms with Gasteiger partial charge in [-0.05, 0) is 60.7 Å². The fourth-order valence-electron chi connectivity index (χ4n) is 3.28. The van der Waals surface area contributed by atoms with Gasteiger partial charge in [0.2, 0.25) is 0 Å². The molecule has 8 nitrogen and oxygen atoms in total. The van der Waals surface area contributed by atoms with E-state index in [4.69, 9.17) is 4.42 Å². The number of carbonyl (C=O) groups excluding carboxylic acids is 3. The molecule has 0 spiro atoms. The number of para-hydroxylation sites is 1. The summed E-state index contributed by atoms with van der Waals surface area (Å²) in [6.45, 7) is 0.231. The van der Waals surface area contributed by atoms with Crippen LogP contribution in [0, 0.1) is 5.82 Å². The molecule has 0 bridgehead atoms. The van der Waals surface area contributed by atoms with Gasteiger partial charge in [-0.2, -0.15) is 0 Å². The number of anilines is 1. The first-order valence-electron chi connectivity index (χ1n) is 10.7. The molecule has 0 aliphatic heterocycles. The highest BCUT2D eigenvalue weighted by molar-refractivity contribution is 6.04. The normalized spacial score (nSPS) is 10.5. The molecular formula is C26H20FN3O5. The van der Waals surface area contributed by atoms with Crippen LogP contribution in [0.3, 0.4) is 0 Å². The Balaban J connectivity index is 1.26. The van der Waals surface area contributed by atoms with E-state index in [0.717, 1.165) is 0 Å². The standard InChI is InChI=1S/C26H20FN3O5/c27-19-9-5-17(6-10-19)24(32)30-20-11-7-16(8-12-20)23(31)28-13-14-29-25(33)21-15-18-3-1-2-4-22(18)35-26(21)34/h1-12,15H,13-14H2,(H,28,31)(H,29,33)(H,30,32). The van der Waals surface area contributed by atoms with Crippen molar-refractivity contribution in [3.8, 4) is 0 Å². The molecule has 9 heteroatoms. The maximum atomic E-state index is 13.0. The van der Waals surface area contributed by atoms with Gasteiger partial charge in [0.05, 0.1) is 0 Å². The molecule has 4 aromatic rings. The van der Waals surface area contributed by atoms with Gasteiger partial charge in [0, 0.05) is 35.3 Å². The van der Waals surface area contributed by atoms with Crippen molar-refractivity contribution in [1.82, 2.24) is 10.6 Å². The molecule has 0 radical (unpaired) electrons. The summed E-state index contributed by atoms with van der Waals surface area (Å²) >= 11 is 0. The lowest BCUT2D eigenvalue weighted by atomic mass is 10.1. The van der Waals surface area contributed by atoms with Gasteiger partial charge in [-0.15, -0.1) is 0 Å². The zero-order valence-corrected chi connectivity index (χ0v) is 18.3. The van der Waals surface area contributed by atoms with Gasteiger partial charge < -0.3 is 20.4 Å². The van der Waals surface area contributed by atoms with Gasteiger partial charge in [0.25, 0.3) is 17.7 Å². The van der Waals surface area contributed by atoms with Crippen LogP contribution >= 0.6 is 0 Å². The van der Waals surface area contributed by atoms with Crippen molar-refractivity contribution < 1.29 is 23.2 Å². The Hall–Kier alpha value is -4.79. The minimum atomic E-state index is -0.739. The van der Waals surface area contributed by atoms with Crippen molar-refractivity contribution in [2.24, 2.45) is 0 Å². The molecule has 0 atom stereocenters. The predicted octanol–water partition coefficient (Wildman–Crippen LogP) is 3.34. The molecule has 3 N–H and O–H groups in total. The minimum Gasteiger partial charge on any atom is -0.422 e. The van der Waals surface area contributed by atoms with E-state index in [9.17, 15) is 23.6 Å². The number of nitrogens with one attached hydrogen (secondary N) is 3. The first kappa shape index (κ1) is 23.4. The SMILES string of the molecule is O=C(NCCNC(=O)c1cc2ccccc2oc1=O)c1ccc(NC(=O)c2ccc(F)cc2)cc1. The van der Waals surface area contributed by atoms with Crippen molar-refractivity contribution in [3.05, 3.63) is 112 Å². The monoisotopic (exact) mass is 473 g/mol. The Labute approximate surface area is 198 Å². The van der Waals surface area contributed by atoms with E-state index >= 15 is 0 Å². The van der Waals surface area contributed by atoms with E-state index in [1.54, 1.807) is 36.4 Å². The Kier molecular flexibility index (Phi) is 6.96. The summed E-state index contributed by atoms with van der Waals surface area (Å²) < 4.78 is 18.1. The quantitative estimate of drug-likeness (QED) is 0.281. The third-order valence-corrected chi connectivity index (χ3v) is 5.09. The van der Waals surface area contributed by atoms with Crippen molar-refractivity contribution in [1.29, 1.82) is 0 Å². The Morgan fingerprint density at radius 1 is 0.743 bits per heavy atom. The van der Waals surface area contributed by atoms with Gasteiger partial charge >= 0.3 is 5.63 Å². The van der Waals surface area contributed by atoms with Crippen LogP contribution in [0.5, 0.6) is 0 Å². The molecule has 1 heterocycles. The second-order valence-corrected chi connectivity index (χ2v) is 7.54. The summed E-state index contributed by atoms with van der Waals surface area (Å²) in [5, 5.41) is 8.53. The lowest BCUT2D eigenvalue weighted by Gasteiger charge is -2.09. The number of benzene rings is 3. The molecular weight excluding hydrogens is 453 g/mol. The number of halogens is 1. The van der Waals surface area contributed by atoms with E-state index < -0.39 is 23.3 Å². The first-order valence-corrected chi connectivity index (χ1v) is 10.7. The zero-order chi connectivity index (χ0) is 24.8. The van der Waals surface area contributed by atoms with Crippen LogP contribution in [0.25, 0.3) is 11.0 Å². The van der Waals surface area contributed by atoms with Crippen molar-refractivity contribution in [3.63, 3.8) is 0 Å². The number of carbonyl (C=O) groups is 3. The van der Waals surface area contributed by atoms with Gasteiger partial charge in [-0.3, -0.25) is 14.4 Å². The molecule has 0 fully saturated rings. The number of hydrogen-bond acceptors (Lipinski definition) is 5. The van der Waals surface area contributed by atoms with Gasteiger partial charge in [0.1, 0.15) is 17.0 Å². The number of rotatable bonds is 7.